The molecule has 0 saturated heterocycles. The van der Waals surface area contributed by atoms with Gasteiger partial charge < -0.3 is 11.1 Å². The van der Waals surface area contributed by atoms with Crippen LogP contribution in [0.2, 0.25) is 0 Å². The topological polar surface area (TPSA) is 105 Å². The van der Waals surface area contributed by atoms with Crippen LogP contribution in [0.25, 0.3) is 0 Å². The Balaban J connectivity index is 4.01. The van der Waals surface area contributed by atoms with Gasteiger partial charge in [0.25, 0.3) is 10.2 Å². The average molecular weight is 294 g/mol. The zero-order valence-corrected chi connectivity index (χ0v) is 12.8. The summed E-state index contributed by atoms with van der Waals surface area (Å²) in [6.45, 7) is 4.78. The van der Waals surface area contributed by atoms with Gasteiger partial charge in [0, 0.05) is 32.6 Å². The molecule has 1 atom stereocenters. The molecule has 1 amide bonds. The predicted molar refractivity (Wildman–Crippen MR) is 75.7 cm³/mol. The van der Waals surface area contributed by atoms with Gasteiger partial charge >= 0.3 is 0 Å². The van der Waals surface area contributed by atoms with Gasteiger partial charge in [-0.3, -0.25) is 4.79 Å². The third kappa shape index (κ3) is 8.14. The molecule has 0 spiro atoms. The fourth-order valence-corrected chi connectivity index (χ4v) is 2.24. The molecule has 19 heavy (non-hydrogen) atoms. The van der Waals surface area contributed by atoms with Gasteiger partial charge in [-0.2, -0.15) is 12.7 Å². The summed E-state index contributed by atoms with van der Waals surface area (Å²) < 4.78 is 27.1. The van der Waals surface area contributed by atoms with Crippen LogP contribution in [0.15, 0.2) is 0 Å². The van der Waals surface area contributed by atoms with E-state index < -0.39 is 10.2 Å². The lowest BCUT2D eigenvalue weighted by Crippen LogP contribution is -2.41. The Bertz CT molecular complexity index is 359. The highest BCUT2D eigenvalue weighted by Crippen LogP contribution is 1.96. The van der Waals surface area contributed by atoms with Crippen molar-refractivity contribution in [2.24, 2.45) is 5.73 Å². The van der Waals surface area contributed by atoms with E-state index in [0.717, 1.165) is 6.42 Å². The van der Waals surface area contributed by atoms with Crippen molar-refractivity contribution in [1.82, 2.24) is 14.3 Å². The summed E-state index contributed by atoms with van der Waals surface area (Å²) in [6, 6.07) is 0.108. The van der Waals surface area contributed by atoms with E-state index in [4.69, 9.17) is 5.73 Å². The molecule has 0 aliphatic carbocycles. The van der Waals surface area contributed by atoms with Crippen LogP contribution in [0.5, 0.6) is 0 Å². The van der Waals surface area contributed by atoms with Gasteiger partial charge in [0.2, 0.25) is 5.91 Å². The van der Waals surface area contributed by atoms with Crippen LogP contribution in [0.1, 0.15) is 33.1 Å². The Morgan fingerprint density at radius 3 is 2.58 bits per heavy atom. The minimum Gasteiger partial charge on any atom is -0.354 e. The Morgan fingerprint density at radius 2 is 2.05 bits per heavy atom. The Labute approximate surface area is 116 Å². The summed E-state index contributed by atoms with van der Waals surface area (Å²) in [7, 11) is -2.03. The second-order valence-electron chi connectivity index (χ2n) is 4.49. The monoisotopic (exact) mass is 294 g/mol. The van der Waals surface area contributed by atoms with Crippen molar-refractivity contribution in [3.8, 4) is 0 Å². The van der Waals surface area contributed by atoms with E-state index in [-0.39, 0.29) is 24.9 Å². The average Bonchev–Trinajstić information content (AvgIpc) is 2.35. The molecule has 0 aromatic rings. The van der Waals surface area contributed by atoms with Crippen LogP contribution in [0, 0.1) is 0 Å². The molecule has 0 bridgehead atoms. The Hall–Kier alpha value is -0.700. The van der Waals surface area contributed by atoms with Crippen LogP contribution < -0.4 is 15.8 Å². The first kappa shape index (κ1) is 18.3. The van der Waals surface area contributed by atoms with E-state index in [9.17, 15) is 13.2 Å². The Kier molecular flexibility index (Phi) is 8.90. The molecule has 0 radical (unpaired) electrons. The molecule has 0 aliphatic heterocycles. The first-order valence-electron chi connectivity index (χ1n) is 6.53. The molecule has 0 aromatic heterocycles. The number of hydrogen-bond donors (Lipinski definition) is 3. The molecule has 0 heterocycles. The maximum absolute atomic E-state index is 11.7. The molecule has 8 heteroatoms. The van der Waals surface area contributed by atoms with Gasteiger partial charge in [0.15, 0.2) is 0 Å². The summed E-state index contributed by atoms with van der Waals surface area (Å²) in [5.74, 6) is -0.151. The lowest BCUT2D eigenvalue weighted by atomic mass is 10.2. The first-order valence-corrected chi connectivity index (χ1v) is 7.97. The quantitative estimate of drug-likeness (QED) is 0.500. The standard InChI is InChI=1S/C11H26N4O3S/c1-4-10(2)14-11(16)6-8-13-19(17,18)15(3)9-5-7-12/h10,13H,4-9,12H2,1-3H3,(H,14,16). The number of nitrogens with one attached hydrogen (secondary N) is 2. The second kappa shape index (κ2) is 9.24. The fraction of sp³-hybridized carbons (Fsp3) is 0.909. The van der Waals surface area contributed by atoms with E-state index in [0.29, 0.717) is 19.5 Å². The third-order valence-corrected chi connectivity index (χ3v) is 4.32. The molecular formula is C11H26N4O3S. The smallest absolute Gasteiger partial charge is 0.279 e. The lowest BCUT2D eigenvalue weighted by molar-refractivity contribution is -0.121. The fourth-order valence-electron chi connectivity index (χ4n) is 1.29. The largest absolute Gasteiger partial charge is 0.354 e. The maximum Gasteiger partial charge on any atom is 0.279 e. The molecular weight excluding hydrogens is 268 g/mol. The van der Waals surface area contributed by atoms with Crippen LogP contribution in [-0.2, 0) is 15.0 Å². The second-order valence-corrected chi connectivity index (χ2v) is 6.35. The zero-order chi connectivity index (χ0) is 14.9. The Morgan fingerprint density at radius 1 is 1.42 bits per heavy atom. The lowest BCUT2D eigenvalue weighted by Gasteiger charge is -2.17. The molecule has 0 aliphatic rings. The number of carbonyl (C=O) groups excluding carboxylic acids is 1. The molecule has 0 rings (SSSR count). The van der Waals surface area contributed by atoms with Crippen molar-refractivity contribution in [3.05, 3.63) is 0 Å². The van der Waals surface area contributed by atoms with Gasteiger partial charge in [-0.05, 0) is 26.3 Å². The third-order valence-electron chi connectivity index (χ3n) is 2.74. The van der Waals surface area contributed by atoms with Gasteiger partial charge in [-0.1, -0.05) is 6.92 Å². The van der Waals surface area contributed by atoms with Gasteiger partial charge in [-0.15, -0.1) is 0 Å². The van der Waals surface area contributed by atoms with Crippen LogP contribution in [0.4, 0.5) is 0 Å². The summed E-state index contributed by atoms with van der Waals surface area (Å²) in [5, 5.41) is 2.78. The molecule has 1 unspecified atom stereocenters. The molecule has 4 N–H and O–H groups in total. The van der Waals surface area contributed by atoms with E-state index in [2.05, 4.69) is 10.0 Å². The van der Waals surface area contributed by atoms with Crippen molar-refractivity contribution in [2.75, 3.05) is 26.7 Å². The van der Waals surface area contributed by atoms with Crippen LogP contribution in [0.3, 0.4) is 0 Å². The van der Waals surface area contributed by atoms with E-state index in [1.807, 2.05) is 13.8 Å². The first-order chi connectivity index (χ1) is 8.83. The van der Waals surface area contributed by atoms with Crippen molar-refractivity contribution >= 4 is 16.1 Å². The summed E-state index contributed by atoms with van der Waals surface area (Å²) in [5.41, 5.74) is 5.32. The van der Waals surface area contributed by atoms with E-state index in [1.165, 1.54) is 11.4 Å². The highest BCUT2D eigenvalue weighted by atomic mass is 32.2. The van der Waals surface area contributed by atoms with Gasteiger partial charge in [0.1, 0.15) is 0 Å². The van der Waals surface area contributed by atoms with E-state index in [1.54, 1.807) is 0 Å². The number of rotatable bonds is 10. The van der Waals surface area contributed by atoms with Gasteiger partial charge in [-0.25, -0.2) is 4.72 Å². The SMILES string of the molecule is CCC(C)NC(=O)CCNS(=O)(=O)N(C)CCCN. The maximum atomic E-state index is 11.7. The summed E-state index contributed by atoms with van der Waals surface area (Å²) >= 11 is 0. The normalized spacial score (nSPS) is 13.5. The van der Waals surface area contributed by atoms with Crippen molar-refractivity contribution in [2.45, 2.75) is 39.2 Å². The summed E-state index contributed by atoms with van der Waals surface area (Å²) in [6.07, 6.45) is 1.58. The highest BCUT2D eigenvalue weighted by Gasteiger charge is 2.16. The number of nitrogens with zero attached hydrogens (tertiary/aromatic N) is 1. The minimum atomic E-state index is -3.51. The molecule has 114 valence electrons. The minimum absolute atomic E-state index is 0.0948. The highest BCUT2D eigenvalue weighted by molar-refractivity contribution is 7.87. The van der Waals surface area contributed by atoms with Crippen LogP contribution in [-0.4, -0.2) is 51.4 Å². The van der Waals surface area contributed by atoms with Gasteiger partial charge in [0.05, 0.1) is 0 Å². The van der Waals surface area contributed by atoms with Crippen molar-refractivity contribution in [3.63, 3.8) is 0 Å². The summed E-state index contributed by atoms with van der Waals surface area (Å²) in [4.78, 5) is 11.5. The van der Waals surface area contributed by atoms with Crippen molar-refractivity contribution in [1.29, 1.82) is 0 Å². The van der Waals surface area contributed by atoms with E-state index >= 15 is 0 Å². The van der Waals surface area contributed by atoms with Crippen molar-refractivity contribution < 1.29 is 13.2 Å². The molecule has 0 aromatic carbocycles. The zero-order valence-electron chi connectivity index (χ0n) is 12.0. The molecule has 7 nitrogen and oxygen atoms in total. The number of nitrogens with two attached hydrogens (primary N) is 1. The number of amides is 1. The van der Waals surface area contributed by atoms with Crippen LogP contribution >= 0.6 is 0 Å². The number of hydrogen-bond acceptors (Lipinski definition) is 4. The molecule has 0 saturated carbocycles. The molecule has 0 fully saturated rings. The number of carbonyl (C=O) groups is 1. The predicted octanol–water partition coefficient (Wildman–Crippen LogP) is -0.594.